The molecule has 0 aliphatic heterocycles. The summed E-state index contributed by atoms with van der Waals surface area (Å²) in [4.78, 5) is 4.77. The van der Waals surface area contributed by atoms with E-state index in [9.17, 15) is 14.6 Å². The molecule has 0 fully saturated rings. The van der Waals surface area contributed by atoms with Gasteiger partial charge in [0.25, 0.3) is 0 Å². The molecular weight excluding hydrogens is 353 g/mol. The Morgan fingerprint density at radius 1 is 1.04 bits per heavy atom. The fourth-order valence-electron chi connectivity index (χ4n) is 3.79. The predicted octanol–water partition coefficient (Wildman–Crippen LogP) is 4.63. The number of aliphatic hydroxyl groups is 1. The van der Waals surface area contributed by atoms with Crippen LogP contribution in [0, 0.1) is 11.2 Å². The van der Waals surface area contributed by atoms with Crippen molar-refractivity contribution in [3.63, 3.8) is 0 Å². The number of halogens is 1. The largest absolute Gasteiger partial charge is 0.507 e. The van der Waals surface area contributed by atoms with Crippen LogP contribution in [0.25, 0.3) is 0 Å². The molecule has 3 nitrogen and oxygen atoms in total. The molecule has 0 amide bonds. The molecule has 150 valence electrons. The molecule has 4 bridgehead atoms. The van der Waals surface area contributed by atoms with Gasteiger partial charge >= 0.3 is 0 Å². The van der Waals surface area contributed by atoms with E-state index in [4.69, 9.17) is 4.99 Å². The maximum Gasteiger partial charge on any atom is 0.128 e. The molecule has 4 heteroatoms. The second-order valence-electron chi connectivity index (χ2n) is 8.81. The molecular formula is C24H30FNO2. The van der Waals surface area contributed by atoms with Crippen molar-refractivity contribution in [1.82, 2.24) is 0 Å². The lowest BCUT2D eigenvalue weighted by Gasteiger charge is -2.27. The first-order valence-corrected chi connectivity index (χ1v) is 9.97. The Labute approximate surface area is 167 Å². The van der Waals surface area contributed by atoms with Crippen LogP contribution in [0.2, 0.25) is 0 Å². The van der Waals surface area contributed by atoms with E-state index in [1.54, 1.807) is 6.07 Å². The number of phenols is 1. The van der Waals surface area contributed by atoms with Gasteiger partial charge in [0.05, 0.1) is 12.6 Å². The Morgan fingerprint density at radius 3 is 2.29 bits per heavy atom. The summed E-state index contributed by atoms with van der Waals surface area (Å²) in [5.74, 6) is 0.0701. The van der Waals surface area contributed by atoms with E-state index >= 15 is 0 Å². The molecule has 0 saturated carbocycles. The minimum Gasteiger partial charge on any atom is -0.507 e. The normalized spacial score (nSPS) is 16.0. The van der Waals surface area contributed by atoms with Gasteiger partial charge in [0.1, 0.15) is 11.6 Å². The number of nitrogens with zero attached hydrogens (tertiary/aromatic N) is 1. The zero-order valence-corrected chi connectivity index (χ0v) is 17.2. The Morgan fingerprint density at radius 2 is 1.64 bits per heavy atom. The zero-order valence-electron chi connectivity index (χ0n) is 17.2. The van der Waals surface area contributed by atoms with Crippen molar-refractivity contribution in [2.75, 3.05) is 6.61 Å². The van der Waals surface area contributed by atoms with Gasteiger partial charge in [-0.3, -0.25) is 4.99 Å². The fourth-order valence-corrected chi connectivity index (χ4v) is 3.79. The molecule has 0 spiro atoms. The predicted molar refractivity (Wildman–Crippen MR) is 112 cm³/mol. The van der Waals surface area contributed by atoms with Crippen LogP contribution in [-0.4, -0.2) is 28.6 Å². The van der Waals surface area contributed by atoms with E-state index in [-0.39, 0.29) is 29.6 Å². The molecule has 1 atom stereocenters. The Hall–Kier alpha value is -2.20. The van der Waals surface area contributed by atoms with E-state index < -0.39 is 0 Å². The van der Waals surface area contributed by atoms with Crippen LogP contribution in [0.1, 0.15) is 55.5 Å². The molecule has 4 aliphatic rings. The molecule has 0 heterocycles. The van der Waals surface area contributed by atoms with E-state index in [0.29, 0.717) is 31.2 Å². The van der Waals surface area contributed by atoms with Gasteiger partial charge in [0.15, 0.2) is 0 Å². The molecule has 0 unspecified atom stereocenters. The van der Waals surface area contributed by atoms with Gasteiger partial charge in [-0.15, -0.1) is 0 Å². The van der Waals surface area contributed by atoms with Crippen molar-refractivity contribution >= 4 is 5.71 Å². The molecule has 0 radical (unpaired) electrons. The molecule has 2 N–H and O–H groups in total. The van der Waals surface area contributed by atoms with Crippen molar-refractivity contribution in [2.24, 2.45) is 10.4 Å². The van der Waals surface area contributed by atoms with Crippen LogP contribution in [0.4, 0.5) is 4.39 Å². The minimum absolute atomic E-state index is 0.0399. The summed E-state index contributed by atoms with van der Waals surface area (Å²) >= 11 is 0. The summed E-state index contributed by atoms with van der Waals surface area (Å²) < 4.78 is 14.3. The van der Waals surface area contributed by atoms with Crippen molar-refractivity contribution < 1.29 is 14.6 Å². The van der Waals surface area contributed by atoms with Crippen LogP contribution < -0.4 is 0 Å². The van der Waals surface area contributed by atoms with Crippen LogP contribution in [0.5, 0.6) is 5.75 Å². The topological polar surface area (TPSA) is 52.8 Å². The molecule has 2 aromatic carbocycles. The third kappa shape index (κ3) is 4.27. The van der Waals surface area contributed by atoms with Gasteiger partial charge in [-0.2, -0.15) is 0 Å². The van der Waals surface area contributed by atoms with Crippen molar-refractivity contribution in [2.45, 2.75) is 59.4 Å². The summed E-state index contributed by atoms with van der Waals surface area (Å²) in [5, 5.41) is 20.8. The van der Waals surface area contributed by atoms with Gasteiger partial charge in [-0.25, -0.2) is 4.39 Å². The van der Waals surface area contributed by atoms with Crippen molar-refractivity contribution in [1.29, 1.82) is 0 Å². The molecule has 4 aliphatic carbocycles. The van der Waals surface area contributed by atoms with Crippen LogP contribution in [-0.2, 0) is 25.7 Å². The smallest absolute Gasteiger partial charge is 0.128 e. The maximum atomic E-state index is 14.3. The Kier molecular flexibility index (Phi) is 5.90. The molecule has 2 aromatic rings. The SMILES string of the molecule is CC(=N[C@H](CO)C(C)(C)C)c1c2ccc(c1O)CCc1ccc(cc1F)CC2. The third-order valence-electron chi connectivity index (χ3n) is 5.70. The zero-order chi connectivity index (χ0) is 20.5. The van der Waals surface area contributed by atoms with Crippen molar-refractivity contribution in [3.8, 4) is 5.75 Å². The molecule has 6 rings (SSSR count). The lowest BCUT2D eigenvalue weighted by molar-refractivity contribution is 0.190. The first-order chi connectivity index (χ1) is 13.2. The lowest BCUT2D eigenvalue weighted by Crippen LogP contribution is -2.29. The number of aryl methyl sites for hydroxylation is 4. The quantitative estimate of drug-likeness (QED) is 0.759. The van der Waals surface area contributed by atoms with Crippen LogP contribution >= 0.6 is 0 Å². The second kappa shape index (κ2) is 8.04. The molecule has 0 saturated heterocycles. The Balaban J connectivity index is 2.06. The summed E-state index contributed by atoms with van der Waals surface area (Å²) in [6.45, 7) is 8.00. The maximum absolute atomic E-state index is 14.3. The lowest BCUT2D eigenvalue weighted by atomic mass is 9.87. The highest BCUT2D eigenvalue weighted by Gasteiger charge is 2.25. The van der Waals surface area contributed by atoms with E-state index in [0.717, 1.165) is 28.0 Å². The van der Waals surface area contributed by atoms with Crippen LogP contribution in [0.15, 0.2) is 35.3 Å². The number of aliphatic hydroxyl groups excluding tert-OH is 1. The van der Waals surface area contributed by atoms with Gasteiger partial charge in [0.2, 0.25) is 0 Å². The number of aromatic hydroxyl groups is 1. The fraction of sp³-hybridized carbons (Fsp3) is 0.458. The number of hydrogen-bond donors (Lipinski definition) is 2. The van der Waals surface area contributed by atoms with E-state index in [2.05, 4.69) is 6.07 Å². The average Bonchev–Trinajstić information content (AvgIpc) is 2.61. The summed E-state index contributed by atoms with van der Waals surface area (Å²) in [7, 11) is 0. The molecule has 28 heavy (non-hydrogen) atoms. The highest BCUT2D eigenvalue weighted by Crippen LogP contribution is 2.32. The van der Waals surface area contributed by atoms with Gasteiger partial charge < -0.3 is 10.2 Å². The van der Waals surface area contributed by atoms with Gasteiger partial charge in [-0.05, 0) is 66.3 Å². The first kappa shape index (κ1) is 20.5. The van der Waals surface area contributed by atoms with Crippen LogP contribution in [0.3, 0.4) is 0 Å². The summed E-state index contributed by atoms with van der Waals surface area (Å²) in [6.07, 6.45) is 2.48. The van der Waals surface area contributed by atoms with Gasteiger partial charge in [0, 0.05) is 11.3 Å². The van der Waals surface area contributed by atoms with E-state index in [1.165, 1.54) is 0 Å². The second-order valence-corrected chi connectivity index (χ2v) is 8.81. The number of phenolic OH excluding ortho intramolecular Hbond substituents is 1. The number of hydrogen-bond acceptors (Lipinski definition) is 3. The number of rotatable bonds is 3. The number of aliphatic imine (C=N–C) groups is 1. The highest BCUT2D eigenvalue weighted by atomic mass is 19.1. The first-order valence-electron chi connectivity index (χ1n) is 9.97. The molecule has 0 aromatic heterocycles. The standard InChI is InChI=1S/C24H30FNO2/c1-15(26-21(14-27)24(2,3)4)22-18-8-6-16-5-7-17(20(25)13-16)9-11-19(12-10-18)23(22)28/h5,7,10,12-13,21,27-28H,6,8-9,11,14H2,1-4H3/t21-/m1/s1. The van der Waals surface area contributed by atoms with Gasteiger partial charge in [-0.1, -0.05) is 45.0 Å². The number of benzene rings is 2. The summed E-state index contributed by atoms with van der Waals surface area (Å²) in [6, 6.07) is 9.24. The van der Waals surface area contributed by atoms with E-state index in [1.807, 2.05) is 45.9 Å². The Bertz CT molecular complexity index is 896. The third-order valence-corrected chi connectivity index (χ3v) is 5.70. The monoisotopic (exact) mass is 383 g/mol. The minimum atomic E-state index is -0.247. The van der Waals surface area contributed by atoms with Crippen molar-refractivity contribution in [3.05, 3.63) is 64.0 Å². The summed E-state index contributed by atoms with van der Waals surface area (Å²) in [5.41, 5.74) is 4.74. The highest BCUT2D eigenvalue weighted by molar-refractivity contribution is 6.03. The average molecular weight is 384 g/mol.